The fourth-order valence-electron chi connectivity index (χ4n) is 2.18. The van der Waals surface area contributed by atoms with Crippen LogP contribution in [-0.2, 0) is 4.79 Å². The van der Waals surface area contributed by atoms with E-state index in [9.17, 15) is 4.79 Å². The molecule has 1 atom stereocenters. The maximum Gasteiger partial charge on any atom is 0.277 e. The summed E-state index contributed by atoms with van der Waals surface area (Å²) in [4.78, 5) is 11.7. The van der Waals surface area contributed by atoms with Crippen molar-refractivity contribution in [2.45, 2.75) is 32.6 Å². The van der Waals surface area contributed by atoms with Crippen molar-refractivity contribution in [3.8, 4) is 5.75 Å². The van der Waals surface area contributed by atoms with E-state index in [1.54, 1.807) is 0 Å². The van der Waals surface area contributed by atoms with Crippen molar-refractivity contribution in [3.63, 3.8) is 0 Å². The van der Waals surface area contributed by atoms with Gasteiger partial charge >= 0.3 is 0 Å². The van der Waals surface area contributed by atoms with Crippen LogP contribution in [-0.4, -0.2) is 18.2 Å². The first-order chi connectivity index (χ1) is 9.65. The first-order valence-corrected chi connectivity index (χ1v) is 7.96. The van der Waals surface area contributed by atoms with Crippen molar-refractivity contribution in [2.75, 3.05) is 6.61 Å². The van der Waals surface area contributed by atoms with Crippen molar-refractivity contribution in [1.29, 1.82) is 0 Å². The molecule has 1 unspecified atom stereocenters. The van der Waals surface area contributed by atoms with Gasteiger partial charge in [-0.15, -0.1) is 0 Å². The number of ether oxygens (including phenoxy) is 1. The number of hydrazone groups is 1. The van der Waals surface area contributed by atoms with Crippen LogP contribution in [0.3, 0.4) is 0 Å². The lowest BCUT2D eigenvalue weighted by molar-refractivity contribution is -0.123. The Bertz CT molecular complexity index is 485. The van der Waals surface area contributed by atoms with E-state index in [1.165, 1.54) is 6.42 Å². The summed E-state index contributed by atoms with van der Waals surface area (Å²) >= 11 is 2.23. The normalized spacial score (nSPS) is 20.7. The van der Waals surface area contributed by atoms with Crippen LogP contribution in [0, 0.1) is 9.49 Å². The van der Waals surface area contributed by atoms with Gasteiger partial charge in [0.2, 0.25) is 0 Å². The second-order valence-corrected chi connectivity index (χ2v) is 6.27. The minimum Gasteiger partial charge on any atom is -0.484 e. The van der Waals surface area contributed by atoms with Gasteiger partial charge in [0.25, 0.3) is 5.91 Å². The van der Waals surface area contributed by atoms with Gasteiger partial charge in [-0.3, -0.25) is 4.79 Å². The highest BCUT2D eigenvalue weighted by Gasteiger charge is 2.16. The lowest BCUT2D eigenvalue weighted by Gasteiger charge is -2.19. The van der Waals surface area contributed by atoms with Crippen LogP contribution >= 0.6 is 22.6 Å². The fourth-order valence-corrected chi connectivity index (χ4v) is 2.54. The number of hydrogen-bond acceptors (Lipinski definition) is 3. The van der Waals surface area contributed by atoms with E-state index in [1.807, 2.05) is 24.3 Å². The van der Waals surface area contributed by atoms with Crippen molar-refractivity contribution in [2.24, 2.45) is 11.0 Å². The molecule has 108 valence electrons. The molecule has 1 aliphatic carbocycles. The third-order valence-corrected chi connectivity index (χ3v) is 4.12. The molecule has 0 aliphatic heterocycles. The molecule has 20 heavy (non-hydrogen) atoms. The Labute approximate surface area is 133 Å². The Kier molecular flexibility index (Phi) is 5.82. The van der Waals surface area contributed by atoms with Crippen molar-refractivity contribution in [3.05, 3.63) is 27.8 Å². The molecule has 1 saturated carbocycles. The summed E-state index contributed by atoms with van der Waals surface area (Å²) in [7, 11) is 0. The zero-order valence-corrected chi connectivity index (χ0v) is 13.7. The van der Waals surface area contributed by atoms with Gasteiger partial charge in [0.05, 0.1) is 0 Å². The molecule has 5 heteroatoms. The fraction of sp³-hybridized carbons (Fsp3) is 0.467. The summed E-state index contributed by atoms with van der Waals surface area (Å²) in [6, 6.07) is 7.59. The molecule has 2 rings (SSSR count). The molecule has 1 fully saturated rings. The Morgan fingerprint density at radius 1 is 1.40 bits per heavy atom. The average molecular weight is 386 g/mol. The molecule has 0 saturated heterocycles. The third kappa shape index (κ3) is 4.77. The predicted molar refractivity (Wildman–Crippen MR) is 87.9 cm³/mol. The molecule has 0 aromatic heterocycles. The molecule has 0 spiro atoms. The van der Waals surface area contributed by atoms with Crippen LogP contribution in [0.2, 0.25) is 0 Å². The minimum absolute atomic E-state index is 0.00818. The lowest BCUT2D eigenvalue weighted by atomic mass is 9.89. The van der Waals surface area contributed by atoms with Gasteiger partial charge in [0.15, 0.2) is 6.61 Å². The number of hydrogen-bond donors (Lipinski definition) is 1. The van der Waals surface area contributed by atoms with Gasteiger partial charge in [-0.1, -0.05) is 13.3 Å². The summed E-state index contributed by atoms with van der Waals surface area (Å²) < 4.78 is 6.54. The van der Waals surface area contributed by atoms with Crippen LogP contribution in [0.5, 0.6) is 5.75 Å². The predicted octanol–water partition coefficient (Wildman–Crippen LogP) is 3.35. The van der Waals surface area contributed by atoms with Crippen LogP contribution < -0.4 is 10.2 Å². The first kappa shape index (κ1) is 15.3. The van der Waals surface area contributed by atoms with E-state index in [0.717, 1.165) is 28.5 Å². The maximum absolute atomic E-state index is 11.7. The Balaban J connectivity index is 1.77. The Hall–Kier alpha value is -1.11. The molecule has 0 bridgehead atoms. The third-order valence-electron chi connectivity index (χ3n) is 3.40. The average Bonchev–Trinajstić information content (AvgIpc) is 2.46. The molecule has 1 aliphatic rings. The number of carbonyl (C=O) groups excluding carboxylic acids is 1. The largest absolute Gasteiger partial charge is 0.484 e. The van der Waals surface area contributed by atoms with E-state index in [-0.39, 0.29) is 12.5 Å². The SMILES string of the molecule is CC1CCCCC1=NNC(=O)COc1ccc(I)cc1. The van der Waals surface area contributed by atoms with E-state index in [4.69, 9.17) is 4.74 Å². The highest BCUT2D eigenvalue weighted by molar-refractivity contribution is 14.1. The van der Waals surface area contributed by atoms with Crippen molar-refractivity contribution in [1.82, 2.24) is 5.43 Å². The lowest BCUT2D eigenvalue weighted by Crippen LogP contribution is -2.28. The topological polar surface area (TPSA) is 50.7 Å². The number of halogens is 1. The summed E-state index contributed by atoms with van der Waals surface area (Å²) in [5.41, 5.74) is 3.68. The molecule has 4 nitrogen and oxygen atoms in total. The highest BCUT2D eigenvalue weighted by atomic mass is 127. The number of carbonyl (C=O) groups is 1. The summed E-state index contributed by atoms with van der Waals surface area (Å²) in [5.74, 6) is 0.953. The molecule has 0 radical (unpaired) electrons. The van der Waals surface area contributed by atoms with Gasteiger partial charge in [-0.25, -0.2) is 5.43 Å². The van der Waals surface area contributed by atoms with Gasteiger partial charge in [-0.2, -0.15) is 5.10 Å². The molecule has 1 amide bonds. The van der Waals surface area contributed by atoms with Crippen molar-refractivity contribution < 1.29 is 9.53 Å². The number of amides is 1. The van der Waals surface area contributed by atoms with E-state index < -0.39 is 0 Å². The summed E-state index contributed by atoms with van der Waals surface area (Å²) in [6.45, 7) is 2.15. The second-order valence-electron chi connectivity index (χ2n) is 5.03. The molecular formula is C15H19IN2O2. The van der Waals surface area contributed by atoms with Gasteiger partial charge in [0.1, 0.15) is 5.75 Å². The summed E-state index contributed by atoms with van der Waals surface area (Å²) in [5, 5.41) is 4.23. The standard InChI is InChI=1S/C15H19IN2O2/c1-11-4-2-3-5-14(11)17-18-15(19)10-20-13-8-6-12(16)7-9-13/h6-9,11H,2-5,10H2,1H3,(H,18,19). The molecule has 1 aromatic rings. The number of rotatable bonds is 4. The maximum atomic E-state index is 11.7. The van der Waals surface area contributed by atoms with Crippen LogP contribution in [0.25, 0.3) is 0 Å². The Morgan fingerprint density at radius 3 is 2.85 bits per heavy atom. The van der Waals surface area contributed by atoms with Crippen LogP contribution in [0.15, 0.2) is 29.4 Å². The monoisotopic (exact) mass is 386 g/mol. The van der Waals surface area contributed by atoms with E-state index in [0.29, 0.717) is 11.7 Å². The molecule has 1 N–H and O–H groups in total. The van der Waals surface area contributed by atoms with Crippen molar-refractivity contribution >= 4 is 34.2 Å². The van der Waals surface area contributed by atoms with E-state index >= 15 is 0 Å². The minimum atomic E-state index is -0.214. The zero-order valence-electron chi connectivity index (χ0n) is 11.6. The van der Waals surface area contributed by atoms with Crippen LogP contribution in [0.4, 0.5) is 0 Å². The van der Waals surface area contributed by atoms with Gasteiger partial charge in [0, 0.05) is 9.28 Å². The summed E-state index contributed by atoms with van der Waals surface area (Å²) in [6.07, 6.45) is 4.57. The molecule has 1 aromatic carbocycles. The smallest absolute Gasteiger partial charge is 0.277 e. The first-order valence-electron chi connectivity index (χ1n) is 6.89. The number of nitrogens with one attached hydrogen (secondary N) is 1. The van der Waals surface area contributed by atoms with Gasteiger partial charge in [-0.05, 0) is 72.0 Å². The number of benzene rings is 1. The highest BCUT2D eigenvalue weighted by Crippen LogP contribution is 2.20. The second kappa shape index (κ2) is 7.61. The zero-order chi connectivity index (χ0) is 14.4. The molecule has 0 heterocycles. The Morgan fingerprint density at radius 2 is 2.15 bits per heavy atom. The van der Waals surface area contributed by atoms with Gasteiger partial charge < -0.3 is 4.74 Å². The van der Waals surface area contributed by atoms with Crippen LogP contribution in [0.1, 0.15) is 32.6 Å². The quantitative estimate of drug-likeness (QED) is 0.638. The molecular weight excluding hydrogens is 367 g/mol. The van der Waals surface area contributed by atoms with E-state index in [2.05, 4.69) is 40.0 Å². The number of nitrogens with zero attached hydrogens (tertiary/aromatic N) is 1.